The highest BCUT2D eigenvalue weighted by molar-refractivity contribution is 9.10. The van der Waals surface area contributed by atoms with Gasteiger partial charge in [-0.15, -0.1) is 0 Å². The first-order valence-electron chi connectivity index (χ1n) is 6.38. The molecule has 1 saturated heterocycles. The lowest BCUT2D eigenvalue weighted by atomic mass is 10.1. The maximum Gasteiger partial charge on any atom is 0.123 e. The van der Waals surface area contributed by atoms with Crippen molar-refractivity contribution in [2.24, 2.45) is 7.05 Å². The minimum absolute atomic E-state index is 0.240. The Morgan fingerprint density at radius 3 is 3.00 bits per heavy atom. The maximum atomic E-state index is 13.3. The van der Waals surface area contributed by atoms with Crippen molar-refractivity contribution < 1.29 is 4.39 Å². The van der Waals surface area contributed by atoms with Gasteiger partial charge in [-0.25, -0.2) is 4.39 Å². The van der Waals surface area contributed by atoms with Crippen LogP contribution < -0.4 is 5.32 Å². The Hall–Kier alpha value is -1.20. The summed E-state index contributed by atoms with van der Waals surface area (Å²) in [6.45, 7) is 1.04. The first-order valence-corrected chi connectivity index (χ1v) is 7.18. The summed E-state index contributed by atoms with van der Waals surface area (Å²) in [5.74, 6) is -0.240. The average molecular weight is 324 g/mol. The van der Waals surface area contributed by atoms with E-state index >= 15 is 0 Å². The molecule has 1 fully saturated rings. The van der Waals surface area contributed by atoms with Crippen LogP contribution in [0.2, 0.25) is 0 Å². The molecule has 0 spiro atoms. The molecule has 0 amide bonds. The number of aryl methyl sites for hydroxylation is 1. The van der Waals surface area contributed by atoms with Gasteiger partial charge in [-0.3, -0.25) is 4.68 Å². The Balaban J connectivity index is 2.06. The molecule has 19 heavy (non-hydrogen) atoms. The molecule has 1 aromatic heterocycles. The Morgan fingerprint density at radius 2 is 2.32 bits per heavy atom. The summed E-state index contributed by atoms with van der Waals surface area (Å²) in [6.07, 6.45) is 2.29. The number of nitrogens with one attached hydrogen (secondary N) is 1. The van der Waals surface area contributed by atoms with Crippen LogP contribution in [0.1, 0.15) is 24.6 Å². The van der Waals surface area contributed by atoms with Crippen molar-refractivity contribution in [2.45, 2.75) is 18.9 Å². The second kappa shape index (κ2) is 5.06. The number of hydrogen-bond donors (Lipinski definition) is 1. The fourth-order valence-electron chi connectivity index (χ4n) is 2.63. The van der Waals surface area contributed by atoms with Crippen LogP contribution in [-0.2, 0) is 7.05 Å². The lowest BCUT2D eigenvalue weighted by Gasteiger charge is -2.11. The van der Waals surface area contributed by atoms with Gasteiger partial charge in [0.2, 0.25) is 0 Å². The molecule has 2 aromatic rings. The van der Waals surface area contributed by atoms with Crippen molar-refractivity contribution in [1.82, 2.24) is 15.1 Å². The molecule has 1 unspecified atom stereocenters. The molecule has 2 heterocycles. The van der Waals surface area contributed by atoms with Crippen LogP contribution in [0, 0.1) is 5.82 Å². The third-order valence-corrected chi connectivity index (χ3v) is 4.30. The minimum atomic E-state index is -0.240. The summed E-state index contributed by atoms with van der Waals surface area (Å²) >= 11 is 3.63. The van der Waals surface area contributed by atoms with Crippen LogP contribution in [0.5, 0.6) is 0 Å². The summed E-state index contributed by atoms with van der Waals surface area (Å²) in [5.41, 5.74) is 2.73. The predicted octanol–water partition coefficient (Wildman–Crippen LogP) is 3.41. The normalized spacial score (nSPS) is 19.0. The molecule has 5 heteroatoms. The van der Waals surface area contributed by atoms with Crippen LogP contribution in [0.3, 0.4) is 0 Å². The summed E-state index contributed by atoms with van der Waals surface area (Å²) in [5, 5.41) is 8.00. The topological polar surface area (TPSA) is 29.9 Å². The third-order valence-electron chi connectivity index (χ3n) is 3.52. The van der Waals surface area contributed by atoms with E-state index in [0.29, 0.717) is 6.04 Å². The fourth-order valence-corrected chi connectivity index (χ4v) is 3.47. The van der Waals surface area contributed by atoms with E-state index < -0.39 is 0 Å². The molecule has 100 valence electrons. The zero-order valence-electron chi connectivity index (χ0n) is 10.7. The van der Waals surface area contributed by atoms with Crippen LogP contribution >= 0.6 is 15.9 Å². The van der Waals surface area contributed by atoms with Crippen LogP contribution in [-0.4, -0.2) is 16.3 Å². The van der Waals surface area contributed by atoms with Crippen molar-refractivity contribution in [1.29, 1.82) is 0 Å². The number of aromatic nitrogens is 2. The first-order chi connectivity index (χ1) is 9.16. The number of nitrogens with zero attached hydrogens (tertiary/aromatic N) is 2. The highest BCUT2D eigenvalue weighted by Gasteiger charge is 2.25. The zero-order valence-corrected chi connectivity index (χ0v) is 12.2. The van der Waals surface area contributed by atoms with Gasteiger partial charge in [0, 0.05) is 12.6 Å². The van der Waals surface area contributed by atoms with Crippen LogP contribution in [0.4, 0.5) is 4.39 Å². The van der Waals surface area contributed by atoms with E-state index in [4.69, 9.17) is 0 Å². The summed E-state index contributed by atoms with van der Waals surface area (Å²) in [7, 11) is 1.93. The SMILES string of the molecule is Cn1nc(-c2cccc(F)c2)c(Br)c1C1CCCN1. The standard InChI is InChI=1S/C14H15BrFN3/c1-19-14(11-6-3-7-17-11)12(15)13(18-19)9-4-2-5-10(16)8-9/h2,4-5,8,11,17H,3,6-7H2,1H3. The zero-order chi connectivity index (χ0) is 13.4. The van der Waals surface area contributed by atoms with Crippen molar-refractivity contribution in [3.63, 3.8) is 0 Å². The molecule has 1 atom stereocenters. The van der Waals surface area contributed by atoms with E-state index in [-0.39, 0.29) is 5.82 Å². The van der Waals surface area contributed by atoms with Gasteiger partial charge in [-0.2, -0.15) is 5.10 Å². The molecular weight excluding hydrogens is 309 g/mol. The molecule has 0 aliphatic carbocycles. The maximum absolute atomic E-state index is 13.3. The number of benzene rings is 1. The highest BCUT2D eigenvalue weighted by atomic mass is 79.9. The summed E-state index contributed by atoms with van der Waals surface area (Å²) < 4.78 is 16.2. The quantitative estimate of drug-likeness (QED) is 0.917. The van der Waals surface area contributed by atoms with E-state index in [1.807, 2.05) is 17.8 Å². The first kappa shape index (κ1) is 12.8. The average Bonchev–Trinajstić information content (AvgIpc) is 2.98. The van der Waals surface area contributed by atoms with Gasteiger partial charge in [0.15, 0.2) is 0 Å². The summed E-state index contributed by atoms with van der Waals surface area (Å²) in [6, 6.07) is 6.87. The Kier molecular flexibility index (Phi) is 3.41. The Morgan fingerprint density at radius 1 is 1.47 bits per heavy atom. The largest absolute Gasteiger partial charge is 0.309 e. The molecule has 0 bridgehead atoms. The van der Waals surface area contributed by atoms with Gasteiger partial charge < -0.3 is 5.32 Å². The van der Waals surface area contributed by atoms with E-state index in [1.165, 1.54) is 18.6 Å². The summed E-state index contributed by atoms with van der Waals surface area (Å²) in [4.78, 5) is 0. The molecule has 1 aliphatic rings. The van der Waals surface area contributed by atoms with Crippen molar-refractivity contribution in [2.75, 3.05) is 6.54 Å². The lowest BCUT2D eigenvalue weighted by molar-refractivity contribution is 0.572. The number of rotatable bonds is 2. The van der Waals surface area contributed by atoms with Gasteiger partial charge in [-0.05, 0) is 47.4 Å². The molecule has 1 N–H and O–H groups in total. The van der Waals surface area contributed by atoms with Crippen molar-refractivity contribution in [3.05, 3.63) is 40.2 Å². The third kappa shape index (κ3) is 2.32. The van der Waals surface area contributed by atoms with Crippen LogP contribution in [0.25, 0.3) is 11.3 Å². The Bertz CT molecular complexity index is 603. The van der Waals surface area contributed by atoms with E-state index in [0.717, 1.165) is 34.4 Å². The second-order valence-electron chi connectivity index (χ2n) is 4.83. The molecule has 3 nitrogen and oxygen atoms in total. The minimum Gasteiger partial charge on any atom is -0.309 e. The van der Waals surface area contributed by atoms with Gasteiger partial charge in [0.25, 0.3) is 0 Å². The number of halogens is 2. The fraction of sp³-hybridized carbons (Fsp3) is 0.357. The molecule has 0 radical (unpaired) electrons. The van der Waals surface area contributed by atoms with E-state index in [2.05, 4.69) is 26.3 Å². The van der Waals surface area contributed by atoms with Gasteiger partial charge >= 0.3 is 0 Å². The van der Waals surface area contributed by atoms with Gasteiger partial charge in [0.05, 0.1) is 16.2 Å². The van der Waals surface area contributed by atoms with Gasteiger partial charge in [0.1, 0.15) is 11.5 Å². The molecule has 3 rings (SSSR count). The molecular formula is C14H15BrFN3. The van der Waals surface area contributed by atoms with Crippen molar-refractivity contribution in [3.8, 4) is 11.3 Å². The monoisotopic (exact) mass is 323 g/mol. The van der Waals surface area contributed by atoms with E-state index in [1.54, 1.807) is 6.07 Å². The lowest BCUT2D eigenvalue weighted by Crippen LogP contribution is -2.16. The molecule has 1 aliphatic heterocycles. The molecule has 0 saturated carbocycles. The van der Waals surface area contributed by atoms with Crippen molar-refractivity contribution >= 4 is 15.9 Å². The predicted molar refractivity (Wildman–Crippen MR) is 76.3 cm³/mol. The molecule has 1 aromatic carbocycles. The van der Waals surface area contributed by atoms with Crippen LogP contribution in [0.15, 0.2) is 28.7 Å². The van der Waals surface area contributed by atoms with Gasteiger partial charge in [-0.1, -0.05) is 12.1 Å². The Labute approximate surface area is 119 Å². The van der Waals surface area contributed by atoms with E-state index in [9.17, 15) is 4.39 Å². The second-order valence-corrected chi connectivity index (χ2v) is 5.62. The number of hydrogen-bond acceptors (Lipinski definition) is 2. The smallest absolute Gasteiger partial charge is 0.123 e. The highest BCUT2D eigenvalue weighted by Crippen LogP contribution is 2.36.